The second-order valence-electron chi connectivity index (χ2n) is 5.99. The molecule has 0 saturated heterocycles. The molecular weight excluding hydrogens is 350 g/mol. The lowest BCUT2D eigenvalue weighted by atomic mass is 10.1. The molecule has 0 unspecified atom stereocenters. The molecule has 0 aromatic heterocycles. The highest BCUT2D eigenvalue weighted by Gasteiger charge is 2.07. The van der Waals surface area contributed by atoms with Gasteiger partial charge in [-0.2, -0.15) is 0 Å². The minimum atomic E-state index is -0.160. The van der Waals surface area contributed by atoms with E-state index in [0.717, 1.165) is 19.3 Å². The van der Waals surface area contributed by atoms with Gasteiger partial charge in [0.2, 0.25) is 5.91 Å². The fraction of sp³-hybridized carbons (Fsp3) is 0.526. The summed E-state index contributed by atoms with van der Waals surface area (Å²) in [6.07, 6.45) is 5.98. The maximum atomic E-state index is 11.9. The van der Waals surface area contributed by atoms with Crippen LogP contribution in [0.3, 0.4) is 0 Å². The van der Waals surface area contributed by atoms with Gasteiger partial charge in [-0.15, -0.1) is 0 Å². The first-order valence-corrected chi connectivity index (χ1v) is 9.45. The molecule has 0 radical (unpaired) electrons. The van der Waals surface area contributed by atoms with Crippen LogP contribution in [-0.2, 0) is 9.53 Å². The number of hydrogen-bond acceptors (Lipinski definition) is 4. The van der Waals surface area contributed by atoms with Crippen LogP contribution in [0.5, 0.6) is 0 Å². The Hall–Kier alpha value is -1.99. The van der Waals surface area contributed by atoms with Crippen LogP contribution in [0.25, 0.3) is 0 Å². The van der Waals surface area contributed by atoms with E-state index >= 15 is 0 Å². The average molecular weight is 380 g/mol. The van der Waals surface area contributed by atoms with Crippen molar-refractivity contribution in [2.75, 3.05) is 25.6 Å². The number of amides is 2. The van der Waals surface area contributed by atoms with Gasteiger partial charge in [-0.1, -0.05) is 32.6 Å². The Balaban J connectivity index is 2.33. The second-order valence-corrected chi connectivity index (χ2v) is 6.40. The molecule has 0 fully saturated rings. The lowest BCUT2D eigenvalue weighted by Gasteiger charge is -2.10. The van der Waals surface area contributed by atoms with Crippen LogP contribution in [0.1, 0.15) is 55.8 Å². The third kappa shape index (κ3) is 9.48. The van der Waals surface area contributed by atoms with Crippen molar-refractivity contribution in [3.8, 4) is 0 Å². The molecule has 0 aliphatic carbocycles. The maximum Gasteiger partial charge on any atom is 0.251 e. The highest BCUT2D eigenvalue weighted by molar-refractivity contribution is 7.80. The SMILES string of the molecule is CCCCCCCC(=O)NC(=S)Nc1ccc(C(=O)NCCOC)cc1. The summed E-state index contributed by atoms with van der Waals surface area (Å²) in [7, 11) is 1.58. The van der Waals surface area contributed by atoms with Crippen molar-refractivity contribution in [2.24, 2.45) is 0 Å². The quantitative estimate of drug-likeness (QED) is 0.406. The predicted octanol–water partition coefficient (Wildman–Crippen LogP) is 3.24. The molecule has 0 heterocycles. The Kier molecular flexibility index (Phi) is 11.2. The molecule has 1 aromatic rings. The molecule has 1 aromatic carbocycles. The Morgan fingerprint density at radius 3 is 2.42 bits per heavy atom. The third-order valence-corrected chi connectivity index (χ3v) is 3.96. The van der Waals surface area contributed by atoms with Crippen LogP contribution in [0, 0.1) is 0 Å². The van der Waals surface area contributed by atoms with E-state index in [9.17, 15) is 9.59 Å². The zero-order chi connectivity index (χ0) is 19.2. The molecule has 0 aliphatic rings. The minimum Gasteiger partial charge on any atom is -0.383 e. The minimum absolute atomic E-state index is 0.0758. The Morgan fingerprint density at radius 1 is 1.08 bits per heavy atom. The average Bonchev–Trinajstić information content (AvgIpc) is 2.62. The molecule has 0 atom stereocenters. The number of carbonyl (C=O) groups is 2. The smallest absolute Gasteiger partial charge is 0.251 e. The summed E-state index contributed by atoms with van der Waals surface area (Å²) in [5.74, 6) is -0.235. The number of hydrogen-bond donors (Lipinski definition) is 3. The molecule has 3 N–H and O–H groups in total. The van der Waals surface area contributed by atoms with Crippen LogP contribution >= 0.6 is 12.2 Å². The third-order valence-electron chi connectivity index (χ3n) is 3.76. The molecule has 6 nitrogen and oxygen atoms in total. The number of rotatable bonds is 11. The molecule has 0 saturated carbocycles. The van der Waals surface area contributed by atoms with E-state index in [2.05, 4.69) is 22.9 Å². The number of unbranched alkanes of at least 4 members (excludes halogenated alkanes) is 4. The molecule has 7 heteroatoms. The first-order valence-electron chi connectivity index (χ1n) is 9.04. The molecule has 1 rings (SSSR count). The summed E-state index contributed by atoms with van der Waals surface area (Å²) in [5.41, 5.74) is 1.26. The van der Waals surface area contributed by atoms with E-state index < -0.39 is 0 Å². The Labute approximate surface area is 161 Å². The zero-order valence-corrected chi connectivity index (χ0v) is 16.4. The summed E-state index contributed by atoms with van der Waals surface area (Å²) in [4.78, 5) is 23.7. The molecule has 0 bridgehead atoms. The van der Waals surface area contributed by atoms with Gasteiger partial charge in [-0.05, 0) is 42.9 Å². The predicted molar refractivity (Wildman–Crippen MR) is 108 cm³/mol. The molecule has 0 aliphatic heterocycles. The van der Waals surface area contributed by atoms with Crippen molar-refractivity contribution in [1.82, 2.24) is 10.6 Å². The normalized spacial score (nSPS) is 10.2. The molecule has 2 amide bonds. The van der Waals surface area contributed by atoms with E-state index in [1.165, 1.54) is 12.8 Å². The summed E-state index contributed by atoms with van der Waals surface area (Å²) in [5, 5.41) is 8.64. The molecule has 144 valence electrons. The van der Waals surface area contributed by atoms with Gasteiger partial charge < -0.3 is 20.7 Å². The maximum absolute atomic E-state index is 11.9. The van der Waals surface area contributed by atoms with Crippen molar-refractivity contribution in [3.63, 3.8) is 0 Å². The van der Waals surface area contributed by atoms with E-state index in [4.69, 9.17) is 17.0 Å². The van der Waals surface area contributed by atoms with Gasteiger partial charge in [0.05, 0.1) is 6.61 Å². The van der Waals surface area contributed by atoms with Crippen LogP contribution in [-0.4, -0.2) is 37.2 Å². The van der Waals surface area contributed by atoms with E-state index in [1.807, 2.05) is 0 Å². The van der Waals surface area contributed by atoms with Gasteiger partial charge in [-0.3, -0.25) is 9.59 Å². The number of ether oxygens (including phenoxy) is 1. The summed E-state index contributed by atoms with van der Waals surface area (Å²) >= 11 is 5.15. The van der Waals surface area contributed by atoms with Gasteiger partial charge >= 0.3 is 0 Å². The number of nitrogens with one attached hydrogen (secondary N) is 3. The standard InChI is InChI=1S/C19H29N3O3S/c1-3-4-5-6-7-8-17(23)22-19(26)21-16-11-9-15(10-12-16)18(24)20-13-14-25-2/h9-12H,3-8,13-14H2,1-2H3,(H,20,24)(H2,21,22,23,26). The number of methoxy groups -OCH3 is 1. The van der Waals surface area contributed by atoms with Gasteiger partial charge in [0.1, 0.15) is 0 Å². The van der Waals surface area contributed by atoms with Gasteiger partial charge in [-0.25, -0.2) is 0 Å². The van der Waals surface area contributed by atoms with Crippen LogP contribution < -0.4 is 16.0 Å². The van der Waals surface area contributed by atoms with Gasteiger partial charge in [0, 0.05) is 31.3 Å². The van der Waals surface area contributed by atoms with Gasteiger partial charge in [0.15, 0.2) is 5.11 Å². The number of anilines is 1. The fourth-order valence-corrected chi connectivity index (χ4v) is 2.55. The van der Waals surface area contributed by atoms with Crippen molar-refractivity contribution >= 4 is 34.8 Å². The first kappa shape index (κ1) is 22.1. The monoisotopic (exact) mass is 379 g/mol. The van der Waals surface area contributed by atoms with E-state index in [0.29, 0.717) is 30.8 Å². The van der Waals surface area contributed by atoms with Crippen LogP contribution in [0.4, 0.5) is 5.69 Å². The molecule has 26 heavy (non-hydrogen) atoms. The highest BCUT2D eigenvalue weighted by Crippen LogP contribution is 2.10. The largest absolute Gasteiger partial charge is 0.383 e. The number of carbonyl (C=O) groups excluding carboxylic acids is 2. The topological polar surface area (TPSA) is 79.5 Å². The highest BCUT2D eigenvalue weighted by atomic mass is 32.1. The molecular formula is C19H29N3O3S. The van der Waals surface area contributed by atoms with Crippen molar-refractivity contribution in [1.29, 1.82) is 0 Å². The van der Waals surface area contributed by atoms with Crippen molar-refractivity contribution < 1.29 is 14.3 Å². The lowest BCUT2D eigenvalue weighted by Crippen LogP contribution is -2.33. The summed E-state index contributed by atoms with van der Waals surface area (Å²) in [6.45, 7) is 3.10. The molecule has 0 spiro atoms. The number of thiocarbonyl (C=S) groups is 1. The number of benzene rings is 1. The summed E-state index contributed by atoms with van der Waals surface area (Å²) in [6, 6.07) is 6.88. The van der Waals surface area contributed by atoms with Crippen LogP contribution in [0.15, 0.2) is 24.3 Å². The Bertz CT molecular complexity index is 576. The Morgan fingerprint density at radius 2 is 1.77 bits per heavy atom. The van der Waals surface area contributed by atoms with E-state index in [1.54, 1.807) is 31.4 Å². The first-order chi connectivity index (χ1) is 12.6. The van der Waals surface area contributed by atoms with Crippen molar-refractivity contribution in [2.45, 2.75) is 45.4 Å². The summed E-state index contributed by atoms with van der Waals surface area (Å²) < 4.78 is 4.89. The fourth-order valence-electron chi connectivity index (χ4n) is 2.31. The van der Waals surface area contributed by atoms with Crippen LogP contribution in [0.2, 0.25) is 0 Å². The lowest BCUT2D eigenvalue weighted by molar-refractivity contribution is -0.119. The zero-order valence-electron chi connectivity index (χ0n) is 15.6. The van der Waals surface area contributed by atoms with E-state index in [-0.39, 0.29) is 16.9 Å². The van der Waals surface area contributed by atoms with Gasteiger partial charge in [0.25, 0.3) is 5.91 Å². The second kappa shape index (κ2) is 13.2. The van der Waals surface area contributed by atoms with Crippen molar-refractivity contribution in [3.05, 3.63) is 29.8 Å².